The first-order chi connectivity index (χ1) is 8.15. The number of carboxylic acid groups (broad SMARTS) is 1. The van der Waals surface area contributed by atoms with Gasteiger partial charge in [0.05, 0.1) is 0 Å². The van der Waals surface area contributed by atoms with Crippen LogP contribution in [0.4, 0.5) is 0 Å². The van der Waals surface area contributed by atoms with Crippen molar-refractivity contribution in [2.45, 2.75) is 25.7 Å². The van der Waals surface area contributed by atoms with Crippen molar-refractivity contribution >= 4 is 11.9 Å². The summed E-state index contributed by atoms with van der Waals surface area (Å²) in [7, 11) is 0. The van der Waals surface area contributed by atoms with Crippen molar-refractivity contribution in [1.29, 1.82) is 0 Å². The van der Waals surface area contributed by atoms with Crippen molar-refractivity contribution < 1.29 is 14.7 Å². The number of hydrogen-bond donors (Lipinski definition) is 2. The maximum absolute atomic E-state index is 11.9. The topological polar surface area (TPSA) is 69.6 Å². The Hall–Kier alpha value is -1.10. The normalized spacial score (nSPS) is 22.2. The van der Waals surface area contributed by atoms with E-state index in [1.165, 1.54) is 0 Å². The summed E-state index contributed by atoms with van der Waals surface area (Å²) in [5, 5.41) is 11.9. The number of rotatable bonds is 4. The monoisotopic (exact) mass is 240 g/mol. The number of likely N-dealkylation sites (tertiary alicyclic amines) is 1. The molecular formula is C12H20N2O3. The Morgan fingerprint density at radius 3 is 2.24 bits per heavy atom. The molecule has 0 aromatic carbocycles. The summed E-state index contributed by atoms with van der Waals surface area (Å²) in [6, 6.07) is 0. The summed E-state index contributed by atoms with van der Waals surface area (Å²) < 4.78 is 0. The minimum Gasteiger partial charge on any atom is -0.481 e. The predicted octanol–water partition coefficient (Wildman–Crippen LogP) is 0.309. The van der Waals surface area contributed by atoms with Crippen LogP contribution in [0.3, 0.4) is 0 Å². The van der Waals surface area contributed by atoms with Crippen LogP contribution in [-0.2, 0) is 9.59 Å². The lowest BCUT2D eigenvalue weighted by Gasteiger charge is -2.34. The highest BCUT2D eigenvalue weighted by molar-refractivity contribution is 5.76. The first-order valence-corrected chi connectivity index (χ1v) is 6.35. The molecule has 2 saturated heterocycles. The fraction of sp³-hybridized carbons (Fsp3) is 0.833. The standard InChI is InChI=1S/C12H20N2O3/c15-11(5-10-7-13-8-10)14-3-1-9(2-4-14)6-12(16)17/h9-10,13H,1-8H2,(H,16,17). The molecule has 2 aliphatic heterocycles. The van der Waals surface area contributed by atoms with Crippen LogP contribution in [0, 0.1) is 11.8 Å². The van der Waals surface area contributed by atoms with Crippen molar-refractivity contribution in [3.63, 3.8) is 0 Å². The smallest absolute Gasteiger partial charge is 0.303 e. The zero-order valence-corrected chi connectivity index (χ0v) is 10.0. The van der Waals surface area contributed by atoms with Crippen LogP contribution in [-0.4, -0.2) is 48.1 Å². The van der Waals surface area contributed by atoms with E-state index in [0.717, 1.165) is 39.0 Å². The van der Waals surface area contributed by atoms with E-state index in [0.29, 0.717) is 12.3 Å². The third-order valence-electron chi connectivity index (χ3n) is 3.76. The number of aliphatic carboxylic acids is 1. The van der Waals surface area contributed by atoms with Crippen LogP contribution in [0.5, 0.6) is 0 Å². The fourth-order valence-electron chi connectivity index (χ4n) is 2.50. The highest BCUT2D eigenvalue weighted by atomic mass is 16.4. The molecular weight excluding hydrogens is 220 g/mol. The van der Waals surface area contributed by atoms with Crippen molar-refractivity contribution in [3.05, 3.63) is 0 Å². The van der Waals surface area contributed by atoms with E-state index in [1.54, 1.807) is 0 Å². The average Bonchev–Trinajstić information content (AvgIpc) is 2.23. The lowest BCUT2D eigenvalue weighted by molar-refractivity contribution is -0.138. The Labute approximate surface area is 101 Å². The number of piperidine rings is 1. The van der Waals surface area contributed by atoms with E-state index in [4.69, 9.17) is 5.11 Å². The number of amides is 1. The second kappa shape index (κ2) is 5.49. The van der Waals surface area contributed by atoms with E-state index in [9.17, 15) is 9.59 Å². The Bertz CT molecular complexity index is 294. The fourth-order valence-corrected chi connectivity index (χ4v) is 2.50. The molecule has 2 heterocycles. The van der Waals surface area contributed by atoms with Crippen LogP contribution < -0.4 is 5.32 Å². The molecule has 0 aromatic heterocycles. The SMILES string of the molecule is O=C(O)CC1CCN(C(=O)CC2CNC2)CC1. The van der Waals surface area contributed by atoms with Crippen LogP contribution in [0.15, 0.2) is 0 Å². The molecule has 0 aliphatic carbocycles. The number of hydrogen-bond acceptors (Lipinski definition) is 3. The maximum Gasteiger partial charge on any atom is 0.303 e. The molecule has 2 N–H and O–H groups in total. The number of carboxylic acids is 1. The molecule has 0 unspecified atom stereocenters. The van der Waals surface area contributed by atoms with Gasteiger partial charge in [0.1, 0.15) is 0 Å². The summed E-state index contributed by atoms with van der Waals surface area (Å²) >= 11 is 0. The number of carbonyl (C=O) groups excluding carboxylic acids is 1. The van der Waals surface area contributed by atoms with Gasteiger partial charge in [-0.15, -0.1) is 0 Å². The first kappa shape index (κ1) is 12.4. The molecule has 2 rings (SSSR count). The van der Waals surface area contributed by atoms with Crippen LogP contribution in [0.25, 0.3) is 0 Å². The molecule has 17 heavy (non-hydrogen) atoms. The first-order valence-electron chi connectivity index (χ1n) is 6.35. The van der Waals surface area contributed by atoms with Gasteiger partial charge in [-0.2, -0.15) is 0 Å². The van der Waals surface area contributed by atoms with Gasteiger partial charge in [-0.05, 0) is 37.8 Å². The summed E-state index contributed by atoms with van der Waals surface area (Å²) in [6.07, 6.45) is 2.56. The van der Waals surface area contributed by atoms with Gasteiger partial charge in [-0.1, -0.05) is 0 Å². The predicted molar refractivity (Wildman–Crippen MR) is 62.5 cm³/mol. The Kier molecular flexibility index (Phi) is 3.99. The van der Waals surface area contributed by atoms with Crippen molar-refractivity contribution in [1.82, 2.24) is 10.2 Å². The molecule has 1 amide bonds. The molecule has 0 spiro atoms. The largest absolute Gasteiger partial charge is 0.481 e. The number of carbonyl (C=O) groups is 2. The molecule has 96 valence electrons. The Morgan fingerprint density at radius 1 is 1.12 bits per heavy atom. The van der Waals surface area contributed by atoms with Gasteiger partial charge in [-0.25, -0.2) is 0 Å². The molecule has 0 bridgehead atoms. The van der Waals surface area contributed by atoms with Crippen molar-refractivity contribution in [2.75, 3.05) is 26.2 Å². The highest BCUT2D eigenvalue weighted by Gasteiger charge is 2.27. The second-order valence-electron chi connectivity index (χ2n) is 5.15. The minimum atomic E-state index is -0.727. The minimum absolute atomic E-state index is 0.241. The third kappa shape index (κ3) is 3.43. The lowest BCUT2D eigenvalue weighted by atomic mass is 9.92. The van der Waals surface area contributed by atoms with E-state index >= 15 is 0 Å². The van der Waals surface area contributed by atoms with Crippen LogP contribution in [0.2, 0.25) is 0 Å². The Balaban J connectivity index is 1.70. The van der Waals surface area contributed by atoms with Gasteiger partial charge < -0.3 is 15.3 Å². The highest BCUT2D eigenvalue weighted by Crippen LogP contribution is 2.22. The molecule has 0 aromatic rings. The molecule has 0 atom stereocenters. The van der Waals surface area contributed by atoms with E-state index in [2.05, 4.69) is 5.32 Å². The second-order valence-corrected chi connectivity index (χ2v) is 5.15. The van der Waals surface area contributed by atoms with Gasteiger partial charge in [0.25, 0.3) is 0 Å². The van der Waals surface area contributed by atoms with Crippen molar-refractivity contribution in [2.24, 2.45) is 11.8 Å². The van der Waals surface area contributed by atoms with Gasteiger partial charge in [0, 0.05) is 25.9 Å². The van der Waals surface area contributed by atoms with Gasteiger partial charge in [0.2, 0.25) is 5.91 Å². The lowest BCUT2D eigenvalue weighted by Crippen LogP contribution is -2.46. The molecule has 2 fully saturated rings. The van der Waals surface area contributed by atoms with E-state index in [-0.39, 0.29) is 18.2 Å². The van der Waals surface area contributed by atoms with Crippen LogP contribution >= 0.6 is 0 Å². The van der Waals surface area contributed by atoms with Crippen LogP contribution in [0.1, 0.15) is 25.7 Å². The average molecular weight is 240 g/mol. The zero-order chi connectivity index (χ0) is 12.3. The number of nitrogens with one attached hydrogen (secondary N) is 1. The number of nitrogens with zero attached hydrogens (tertiary/aromatic N) is 1. The quantitative estimate of drug-likeness (QED) is 0.742. The zero-order valence-electron chi connectivity index (χ0n) is 10.0. The van der Waals surface area contributed by atoms with E-state index in [1.807, 2.05) is 4.90 Å². The van der Waals surface area contributed by atoms with E-state index < -0.39 is 5.97 Å². The summed E-state index contributed by atoms with van der Waals surface area (Å²) in [4.78, 5) is 24.4. The molecule has 0 radical (unpaired) electrons. The summed E-state index contributed by atoms with van der Waals surface area (Å²) in [5.41, 5.74) is 0. The maximum atomic E-state index is 11.9. The molecule has 0 saturated carbocycles. The Morgan fingerprint density at radius 2 is 1.76 bits per heavy atom. The third-order valence-corrected chi connectivity index (χ3v) is 3.76. The molecule has 5 nitrogen and oxygen atoms in total. The summed E-state index contributed by atoms with van der Waals surface area (Å²) in [5.74, 6) is 0.279. The van der Waals surface area contributed by atoms with Gasteiger partial charge in [-0.3, -0.25) is 9.59 Å². The molecule has 2 aliphatic rings. The van der Waals surface area contributed by atoms with Crippen molar-refractivity contribution in [3.8, 4) is 0 Å². The summed E-state index contributed by atoms with van der Waals surface area (Å²) in [6.45, 7) is 3.39. The van der Waals surface area contributed by atoms with Gasteiger partial charge >= 0.3 is 5.97 Å². The van der Waals surface area contributed by atoms with Gasteiger partial charge in [0.15, 0.2) is 0 Å². The molecule has 5 heteroatoms.